The molecule has 1 atom stereocenters. The Kier molecular flexibility index (Phi) is 6.94. The summed E-state index contributed by atoms with van der Waals surface area (Å²) in [6, 6.07) is 10.3. The van der Waals surface area contributed by atoms with E-state index in [2.05, 4.69) is 16.3 Å². The number of benzene rings is 1. The smallest absolute Gasteiger partial charge is 0.317 e. The van der Waals surface area contributed by atoms with Crippen molar-refractivity contribution in [1.29, 1.82) is 5.26 Å². The quantitative estimate of drug-likeness (QED) is 0.863. The first kappa shape index (κ1) is 19.5. The molecule has 6 heteroatoms. The number of hydrogen-bond acceptors (Lipinski definition) is 4. The van der Waals surface area contributed by atoms with E-state index in [-0.39, 0.29) is 12.1 Å². The van der Waals surface area contributed by atoms with Gasteiger partial charge in [0.15, 0.2) is 0 Å². The van der Waals surface area contributed by atoms with E-state index in [0.29, 0.717) is 38.8 Å². The van der Waals surface area contributed by atoms with Gasteiger partial charge in [-0.25, -0.2) is 4.79 Å². The van der Waals surface area contributed by atoms with Crippen molar-refractivity contribution < 1.29 is 9.53 Å². The zero-order chi connectivity index (χ0) is 19.1. The molecule has 1 aromatic carbocycles. The van der Waals surface area contributed by atoms with Crippen LogP contribution >= 0.6 is 0 Å². The molecule has 1 unspecified atom stereocenters. The summed E-state index contributed by atoms with van der Waals surface area (Å²) in [7, 11) is 0. The molecule has 3 rings (SSSR count). The van der Waals surface area contributed by atoms with Gasteiger partial charge >= 0.3 is 6.03 Å². The van der Waals surface area contributed by atoms with Gasteiger partial charge < -0.3 is 15.0 Å². The van der Waals surface area contributed by atoms with Crippen LogP contribution in [0.5, 0.6) is 5.75 Å². The van der Waals surface area contributed by atoms with Crippen molar-refractivity contribution >= 4 is 6.03 Å². The van der Waals surface area contributed by atoms with Crippen LogP contribution in [-0.2, 0) is 0 Å². The molecule has 2 aliphatic rings. The number of piperazine rings is 1. The van der Waals surface area contributed by atoms with E-state index in [9.17, 15) is 10.1 Å². The first-order valence-electron chi connectivity index (χ1n) is 10.1. The number of nitrogens with one attached hydrogen (secondary N) is 1. The zero-order valence-corrected chi connectivity index (χ0v) is 16.2. The molecule has 1 aliphatic heterocycles. The molecule has 0 spiro atoms. The normalized spacial score (nSPS) is 19.9. The third kappa shape index (κ3) is 5.14. The zero-order valence-electron chi connectivity index (χ0n) is 16.2. The number of nitriles is 1. The van der Waals surface area contributed by atoms with Gasteiger partial charge in [0.05, 0.1) is 12.7 Å². The lowest BCUT2D eigenvalue weighted by Gasteiger charge is -2.37. The van der Waals surface area contributed by atoms with Crippen LogP contribution in [0.25, 0.3) is 0 Å². The summed E-state index contributed by atoms with van der Waals surface area (Å²) < 4.78 is 5.47. The molecule has 146 valence electrons. The SMILES string of the molecule is CCOc1ccc(C(C#N)N2CCN(C(=O)NC3CCCCC3)CC2)cc1. The van der Waals surface area contributed by atoms with Crippen LogP contribution in [0.4, 0.5) is 4.79 Å². The third-order valence-corrected chi connectivity index (χ3v) is 5.53. The number of hydrogen-bond donors (Lipinski definition) is 1. The largest absolute Gasteiger partial charge is 0.494 e. The molecule has 1 saturated heterocycles. The molecule has 0 aromatic heterocycles. The summed E-state index contributed by atoms with van der Waals surface area (Å²) in [5.74, 6) is 0.821. The van der Waals surface area contributed by atoms with Crippen LogP contribution in [0.15, 0.2) is 24.3 Å². The fourth-order valence-electron chi connectivity index (χ4n) is 3.98. The summed E-state index contributed by atoms with van der Waals surface area (Å²) in [4.78, 5) is 16.5. The molecule has 1 aromatic rings. The standard InChI is InChI=1S/C21H30N4O2/c1-2-27-19-10-8-17(9-11-19)20(16-22)24-12-14-25(15-13-24)21(26)23-18-6-4-3-5-7-18/h8-11,18,20H,2-7,12-15H2,1H3,(H,23,26). The Balaban J connectivity index is 1.52. The molecule has 6 nitrogen and oxygen atoms in total. The molecule has 0 bridgehead atoms. The lowest BCUT2D eigenvalue weighted by atomic mass is 9.96. The van der Waals surface area contributed by atoms with E-state index in [0.717, 1.165) is 24.2 Å². The number of urea groups is 1. The highest BCUT2D eigenvalue weighted by molar-refractivity contribution is 5.74. The summed E-state index contributed by atoms with van der Waals surface area (Å²) in [6.45, 7) is 5.33. The molecule has 2 fully saturated rings. The summed E-state index contributed by atoms with van der Waals surface area (Å²) in [5.41, 5.74) is 0.973. The molecule has 2 amide bonds. The number of amides is 2. The highest BCUT2D eigenvalue weighted by Gasteiger charge is 2.28. The molecule has 1 heterocycles. The van der Waals surface area contributed by atoms with Crippen LogP contribution in [0.2, 0.25) is 0 Å². The van der Waals surface area contributed by atoms with Gasteiger partial charge in [-0.1, -0.05) is 31.4 Å². The van der Waals surface area contributed by atoms with Crippen molar-refractivity contribution in [1.82, 2.24) is 15.1 Å². The van der Waals surface area contributed by atoms with Gasteiger partial charge in [0.2, 0.25) is 0 Å². The first-order chi connectivity index (χ1) is 13.2. The van der Waals surface area contributed by atoms with E-state index in [1.807, 2.05) is 36.1 Å². The van der Waals surface area contributed by atoms with E-state index in [1.54, 1.807) is 0 Å². The van der Waals surface area contributed by atoms with Crippen molar-refractivity contribution in [2.24, 2.45) is 0 Å². The third-order valence-electron chi connectivity index (χ3n) is 5.53. The molecule has 1 saturated carbocycles. The second-order valence-corrected chi connectivity index (χ2v) is 7.34. The maximum Gasteiger partial charge on any atom is 0.317 e. The van der Waals surface area contributed by atoms with Gasteiger partial charge in [-0.3, -0.25) is 4.90 Å². The van der Waals surface area contributed by atoms with Gasteiger partial charge in [0.1, 0.15) is 11.8 Å². The van der Waals surface area contributed by atoms with Gasteiger partial charge in [0, 0.05) is 32.2 Å². The summed E-state index contributed by atoms with van der Waals surface area (Å²) >= 11 is 0. The van der Waals surface area contributed by atoms with Crippen molar-refractivity contribution in [2.45, 2.75) is 51.1 Å². The van der Waals surface area contributed by atoms with E-state index in [4.69, 9.17) is 4.74 Å². The number of carbonyl (C=O) groups is 1. The number of carbonyl (C=O) groups excluding carboxylic acids is 1. The second-order valence-electron chi connectivity index (χ2n) is 7.34. The highest BCUT2D eigenvalue weighted by atomic mass is 16.5. The minimum Gasteiger partial charge on any atom is -0.494 e. The van der Waals surface area contributed by atoms with Crippen molar-refractivity contribution in [2.75, 3.05) is 32.8 Å². The highest BCUT2D eigenvalue weighted by Crippen LogP contribution is 2.24. The summed E-state index contributed by atoms with van der Waals surface area (Å²) in [5, 5.41) is 12.9. The molecule has 0 radical (unpaired) electrons. The van der Waals surface area contributed by atoms with E-state index in [1.165, 1.54) is 19.3 Å². The number of ether oxygens (including phenoxy) is 1. The van der Waals surface area contributed by atoms with E-state index < -0.39 is 0 Å². The van der Waals surface area contributed by atoms with Crippen molar-refractivity contribution in [3.8, 4) is 11.8 Å². The Labute approximate surface area is 162 Å². The van der Waals surface area contributed by atoms with Crippen molar-refractivity contribution in [3.63, 3.8) is 0 Å². The van der Waals surface area contributed by atoms with Gasteiger partial charge in [-0.2, -0.15) is 5.26 Å². The fraction of sp³-hybridized carbons (Fsp3) is 0.619. The van der Waals surface area contributed by atoms with Crippen LogP contribution < -0.4 is 10.1 Å². The van der Waals surface area contributed by atoms with E-state index >= 15 is 0 Å². The van der Waals surface area contributed by atoms with Crippen LogP contribution in [0.1, 0.15) is 50.6 Å². The Morgan fingerprint density at radius 1 is 1.19 bits per heavy atom. The Morgan fingerprint density at radius 3 is 2.44 bits per heavy atom. The Bertz CT molecular complexity index is 641. The molecule has 1 aliphatic carbocycles. The van der Waals surface area contributed by atoms with Gasteiger partial charge in [-0.15, -0.1) is 0 Å². The van der Waals surface area contributed by atoms with Crippen LogP contribution in [-0.4, -0.2) is 54.7 Å². The topological polar surface area (TPSA) is 68.6 Å². The predicted molar refractivity (Wildman–Crippen MR) is 105 cm³/mol. The monoisotopic (exact) mass is 370 g/mol. The second kappa shape index (κ2) is 9.61. The average molecular weight is 370 g/mol. The maximum absolute atomic E-state index is 12.5. The van der Waals surface area contributed by atoms with Crippen molar-refractivity contribution in [3.05, 3.63) is 29.8 Å². The lowest BCUT2D eigenvalue weighted by molar-refractivity contribution is 0.121. The predicted octanol–water partition coefficient (Wildman–Crippen LogP) is 3.31. The van der Waals surface area contributed by atoms with Gasteiger partial charge in [0.25, 0.3) is 0 Å². The first-order valence-corrected chi connectivity index (χ1v) is 10.1. The fourth-order valence-corrected chi connectivity index (χ4v) is 3.98. The minimum absolute atomic E-state index is 0.0520. The van der Waals surface area contributed by atoms with Crippen LogP contribution in [0, 0.1) is 11.3 Å². The summed E-state index contributed by atoms with van der Waals surface area (Å²) in [6.07, 6.45) is 5.90. The van der Waals surface area contributed by atoms with Crippen LogP contribution in [0.3, 0.4) is 0 Å². The average Bonchev–Trinajstić information content (AvgIpc) is 2.71. The number of rotatable bonds is 5. The number of nitrogens with zero attached hydrogens (tertiary/aromatic N) is 3. The minimum atomic E-state index is -0.288. The maximum atomic E-state index is 12.5. The molecule has 1 N–H and O–H groups in total. The van der Waals surface area contributed by atoms with Gasteiger partial charge in [-0.05, 0) is 37.5 Å². The lowest BCUT2D eigenvalue weighted by Crippen LogP contribution is -2.54. The molecule has 27 heavy (non-hydrogen) atoms. The Morgan fingerprint density at radius 2 is 1.85 bits per heavy atom. The Hall–Kier alpha value is -2.26. The molecular formula is C21H30N4O2. The molecular weight excluding hydrogens is 340 g/mol.